The molecule has 1 fully saturated rings. The van der Waals surface area contributed by atoms with Crippen LogP contribution in [0.4, 0.5) is 0 Å². The van der Waals surface area contributed by atoms with Crippen LogP contribution in [0, 0.1) is 5.92 Å². The quantitative estimate of drug-likeness (QED) is 0.741. The molecule has 0 bridgehead atoms. The summed E-state index contributed by atoms with van der Waals surface area (Å²) in [6, 6.07) is 9.60. The predicted octanol–water partition coefficient (Wildman–Crippen LogP) is 2.79. The zero-order valence-corrected chi connectivity index (χ0v) is 10.5. The lowest BCUT2D eigenvalue weighted by Gasteiger charge is -1.99. The predicted molar refractivity (Wildman–Crippen MR) is 66.5 cm³/mol. The Morgan fingerprint density at radius 1 is 1.41 bits per heavy atom. The Bertz CT molecular complexity index is 315. The Balaban J connectivity index is 0.000000202. The molecule has 0 radical (unpaired) electrons. The Hall–Kier alpha value is -1.35. The average molecular weight is 236 g/mol. The highest BCUT2D eigenvalue weighted by Crippen LogP contribution is 2.09. The largest absolute Gasteiger partial charge is 0.461 e. The minimum atomic E-state index is -0.242. The lowest BCUT2D eigenvalue weighted by atomic mass is 10.2. The van der Waals surface area contributed by atoms with Crippen molar-refractivity contribution in [1.82, 2.24) is 0 Å². The van der Waals surface area contributed by atoms with Gasteiger partial charge >= 0.3 is 5.97 Å². The molecule has 0 N–H and O–H groups in total. The van der Waals surface area contributed by atoms with Crippen LogP contribution in [-0.2, 0) is 20.9 Å². The molecule has 0 aromatic heterocycles. The van der Waals surface area contributed by atoms with Gasteiger partial charge < -0.3 is 9.47 Å². The summed E-state index contributed by atoms with van der Waals surface area (Å²) in [5, 5.41) is 0. The molecule has 94 valence electrons. The number of esters is 1. The molecule has 1 heterocycles. The second-order valence-corrected chi connectivity index (χ2v) is 4.23. The molecule has 2 rings (SSSR count). The molecule has 17 heavy (non-hydrogen) atoms. The van der Waals surface area contributed by atoms with Gasteiger partial charge in [-0.2, -0.15) is 0 Å². The molecule has 1 unspecified atom stereocenters. The van der Waals surface area contributed by atoms with Crippen LogP contribution in [0.5, 0.6) is 0 Å². The minimum Gasteiger partial charge on any atom is -0.461 e. The number of ether oxygens (including phenoxy) is 2. The van der Waals surface area contributed by atoms with Gasteiger partial charge in [-0.3, -0.25) is 4.79 Å². The van der Waals surface area contributed by atoms with Crippen LogP contribution in [0.2, 0.25) is 0 Å². The maximum Gasteiger partial charge on any atom is 0.302 e. The molecule has 1 saturated heterocycles. The van der Waals surface area contributed by atoms with E-state index in [2.05, 4.69) is 6.92 Å². The Morgan fingerprint density at radius 2 is 2.12 bits per heavy atom. The van der Waals surface area contributed by atoms with Gasteiger partial charge in [-0.15, -0.1) is 0 Å². The number of rotatable bonds is 2. The first-order valence-corrected chi connectivity index (χ1v) is 5.93. The highest BCUT2D eigenvalue weighted by atomic mass is 16.5. The van der Waals surface area contributed by atoms with Crippen molar-refractivity contribution in [3.05, 3.63) is 35.9 Å². The van der Waals surface area contributed by atoms with Gasteiger partial charge in [0.15, 0.2) is 0 Å². The van der Waals surface area contributed by atoms with E-state index in [0.29, 0.717) is 6.61 Å². The summed E-state index contributed by atoms with van der Waals surface area (Å²) in [4.78, 5) is 10.4. The summed E-state index contributed by atoms with van der Waals surface area (Å²) in [7, 11) is 0. The van der Waals surface area contributed by atoms with Gasteiger partial charge in [-0.25, -0.2) is 0 Å². The molecular formula is C14H20O3. The van der Waals surface area contributed by atoms with Crippen LogP contribution in [0.1, 0.15) is 25.8 Å². The van der Waals surface area contributed by atoms with Crippen molar-refractivity contribution >= 4 is 5.97 Å². The fraction of sp³-hybridized carbons (Fsp3) is 0.500. The van der Waals surface area contributed by atoms with E-state index in [1.165, 1.54) is 13.3 Å². The van der Waals surface area contributed by atoms with Crippen LogP contribution in [0.3, 0.4) is 0 Å². The third kappa shape index (κ3) is 6.74. The lowest BCUT2D eigenvalue weighted by Crippen LogP contribution is -1.97. The molecule has 0 aliphatic carbocycles. The van der Waals surface area contributed by atoms with Crippen LogP contribution in [0.25, 0.3) is 0 Å². The SMILES string of the molecule is CC(=O)OCc1ccccc1.CC1CCOC1. The van der Waals surface area contributed by atoms with Crippen molar-refractivity contribution in [2.24, 2.45) is 5.92 Å². The van der Waals surface area contributed by atoms with E-state index in [9.17, 15) is 4.79 Å². The van der Waals surface area contributed by atoms with Gasteiger partial charge in [0.2, 0.25) is 0 Å². The zero-order chi connectivity index (χ0) is 12.5. The van der Waals surface area contributed by atoms with Crippen LogP contribution in [-0.4, -0.2) is 19.2 Å². The van der Waals surface area contributed by atoms with E-state index in [1.807, 2.05) is 30.3 Å². The van der Waals surface area contributed by atoms with Gasteiger partial charge in [0.25, 0.3) is 0 Å². The number of benzene rings is 1. The standard InChI is InChI=1S/C9H10O2.C5H10O/c1-8(10)11-7-9-5-3-2-4-6-9;1-5-2-3-6-4-5/h2-6H,7H2,1H3;5H,2-4H2,1H3. The fourth-order valence-electron chi connectivity index (χ4n) is 1.41. The molecule has 3 nitrogen and oxygen atoms in total. The second-order valence-electron chi connectivity index (χ2n) is 4.23. The van der Waals surface area contributed by atoms with Crippen molar-refractivity contribution in [2.45, 2.75) is 26.9 Å². The van der Waals surface area contributed by atoms with E-state index in [1.54, 1.807) is 0 Å². The molecule has 0 amide bonds. The molecule has 3 heteroatoms. The van der Waals surface area contributed by atoms with Gasteiger partial charge in [0, 0.05) is 20.1 Å². The van der Waals surface area contributed by atoms with Crippen molar-refractivity contribution in [3.8, 4) is 0 Å². The van der Waals surface area contributed by atoms with Crippen molar-refractivity contribution < 1.29 is 14.3 Å². The summed E-state index contributed by atoms with van der Waals surface area (Å²) in [5.74, 6) is 0.582. The number of hydrogen-bond donors (Lipinski definition) is 0. The smallest absolute Gasteiger partial charge is 0.302 e. The average Bonchev–Trinajstić information content (AvgIpc) is 2.80. The van der Waals surface area contributed by atoms with Crippen LogP contribution < -0.4 is 0 Å². The lowest BCUT2D eigenvalue weighted by molar-refractivity contribution is -0.142. The van der Waals surface area contributed by atoms with Crippen molar-refractivity contribution in [2.75, 3.05) is 13.2 Å². The minimum absolute atomic E-state index is 0.242. The van der Waals surface area contributed by atoms with Crippen molar-refractivity contribution in [1.29, 1.82) is 0 Å². The van der Waals surface area contributed by atoms with E-state index < -0.39 is 0 Å². The summed E-state index contributed by atoms with van der Waals surface area (Å²) < 4.78 is 9.85. The monoisotopic (exact) mass is 236 g/mol. The van der Waals surface area contributed by atoms with Gasteiger partial charge in [-0.1, -0.05) is 37.3 Å². The molecule has 1 aliphatic heterocycles. The first kappa shape index (κ1) is 13.7. The Morgan fingerprint density at radius 3 is 2.53 bits per heavy atom. The molecule has 0 spiro atoms. The van der Waals surface area contributed by atoms with Gasteiger partial charge in [0.05, 0.1) is 0 Å². The molecule has 1 aromatic rings. The van der Waals surface area contributed by atoms with Crippen LogP contribution >= 0.6 is 0 Å². The third-order valence-electron chi connectivity index (χ3n) is 2.44. The summed E-state index contributed by atoms with van der Waals surface area (Å²) >= 11 is 0. The maximum absolute atomic E-state index is 10.4. The number of carbonyl (C=O) groups is 1. The Labute approximate surface area is 103 Å². The van der Waals surface area contributed by atoms with Crippen molar-refractivity contribution in [3.63, 3.8) is 0 Å². The maximum atomic E-state index is 10.4. The molecule has 1 aliphatic rings. The first-order valence-electron chi connectivity index (χ1n) is 5.93. The van der Waals surface area contributed by atoms with E-state index in [-0.39, 0.29) is 5.97 Å². The normalized spacial score (nSPS) is 18.1. The topological polar surface area (TPSA) is 35.5 Å². The first-order chi connectivity index (χ1) is 8.18. The van der Waals surface area contributed by atoms with E-state index in [4.69, 9.17) is 9.47 Å². The molecular weight excluding hydrogens is 216 g/mol. The van der Waals surface area contributed by atoms with E-state index >= 15 is 0 Å². The fourth-order valence-corrected chi connectivity index (χ4v) is 1.41. The number of carbonyl (C=O) groups excluding carboxylic acids is 1. The Kier molecular flexibility index (Phi) is 6.33. The molecule has 1 aromatic carbocycles. The highest BCUT2D eigenvalue weighted by Gasteiger charge is 2.07. The molecule has 0 saturated carbocycles. The van der Waals surface area contributed by atoms with Crippen LogP contribution in [0.15, 0.2) is 30.3 Å². The van der Waals surface area contributed by atoms with E-state index in [0.717, 1.165) is 24.7 Å². The van der Waals surface area contributed by atoms with Gasteiger partial charge in [-0.05, 0) is 17.9 Å². The second kappa shape index (κ2) is 7.85. The molecule has 1 atom stereocenters. The number of hydrogen-bond acceptors (Lipinski definition) is 3. The zero-order valence-electron chi connectivity index (χ0n) is 10.5. The third-order valence-corrected chi connectivity index (χ3v) is 2.44. The van der Waals surface area contributed by atoms with Gasteiger partial charge in [0.1, 0.15) is 6.61 Å². The summed E-state index contributed by atoms with van der Waals surface area (Å²) in [5.41, 5.74) is 1.02. The highest BCUT2D eigenvalue weighted by molar-refractivity contribution is 5.65. The summed E-state index contributed by atoms with van der Waals surface area (Å²) in [6.45, 7) is 5.97. The summed E-state index contributed by atoms with van der Waals surface area (Å²) in [6.07, 6.45) is 1.26.